The molecule has 0 saturated carbocycles. The lowest BCUT2D eigenvalue weighted by atomic mass is 9.79. The van der Waals surface area contributed by atoms with Crippen LogP contribution >= 0.6 is 0 Å². The molecule has 1 saturated heterocycles. The molecule has 1 spiro atoms. The van der Waals surface area contributed by atoms with E-state index in [4.69, 9.17) is 14.6 Å². The number of rotatable bonds is 3. The van der Waals surface area contributed by atoms with E-state index < -0.39 is 5.60 Å². The van der Waals surface area contributed by atoms with Crippen LogP contribution in [0.25, 0.3) is 11.3 Å². The van der Waals surface area contributed by atoms with Gasteiger partial charge in [0.2, 0.25) is 0 Å². The van der Waals surface area contributed by atoms with Crippen LogP contribution in [-0.2, 0) is 12.6 Å². The van der Waals surface area contributed by atoms with Crippen LogP contribution in [0.2, 0.25) is 0 Å². The van der Waals surface area contributed by atoms with Gasteiger partial charge in [0.05, 0.1) is 17.5 Å². The van der Waals surface area contributed by atoms with Crippen molar-refractivity contribution in [3.05, 3.63) is 64.8 Å². The van der Waals surface area contributed by atoms with Gasteiger partial charge in [0, 0.05) is 49.7 Å². The highest BCUT2D eigenvalue weighted by Crippen LogP contribution is 2.50. The van der Waals surface area contributed by atoms with Crippen LogP contribution < -0.4 is 9.47 Å². The molecule has 0 N–H and O–H groups in total. The number of ether oxygens (including phenoxy) is 2. The Morgan fingerprint density at radius 3 is 2.55 bits per heavy atom. The maximum absolute atomic E-state index is 13.3. The molecule has 0 radical (unpaired) electrons. The molecule has 1 amide bonds. The molecule has 0 aliphatic carbocycles. The summed E-state index contributed by atoms with van der Waals surface area (Å²) in [6.45, 7) is 9.32. The average molecular weight is 446 g/mol. The lowest BCUT2D eigenvalue weighted by molar-refractivity contribution is -0.00213. The van der Waals surface area contributed by atoms with Gasteiger partial charge in [-0.05, 0) is 63.6 Å². The van der Waals surface area contributed by atoms with Gasteiger partial charge >= 0.3 is 0 Å². The van der Waals surface area contributed by atoms with Crippen molar-refractivity contribution in [3.8, 4) is 22.8 Å². The third-order valence-corrected chi connectivity index (χ3v) is 6.77. The van der Waals surface area contributed by atoms with Crippen LogP contribution in [0.15, 0.2) is 42.5 Å². The molecule has 2 aromatic carbocycles. The Morgan fingerprint density at radius 1 is 1.12 bits per heavy atom. The number of carbonyl (C=O) groups excluding carboxylic acids is 1. The zero-order chi connectivity index (χ0) is 23.3. The van der Waals surface area contributed by atoms with Gasteiger partial charge in [-0.25, -0.2) is 0 Å². The molecular weight excluding hydrogens is 414 g/mol. The number of aryl methyl sites for hydroxylation is 3. The molecule has 6 heteroatoms. The summed E-state index contributed by atoms with van der Waals surface area (Å²) >= 11 is 0. The van der Waals surface area contributed by atoms with Crippen molar-refractivity contribution in [2.45, 2.75) is 52.2 Å². The first-order chi connectivity index (χ1) is 15.8. The number of benzene rings is 2. The molecule has 0 unspecified atom stereocenters. The lowest BCUT2D eigenvalue weighted by Gasteiger charge is -2.44. The first-order valence-electron chi connectivity index (χ1n) is 11.7. The van der Waals surface area contributed by atoms with Crippen molar-refractivity contribution in [1.29, 1.82) is 0 Å². The number of amides is 1. The second-order valence-corrected chi connectivity index (χ2v) is 9.46. The van der Waals surface area contributed by atoms with Crippen LogP contribution in [0, 0.1) is 13.8 Å². The monoisotopic (exact) mass is 445 g/mol. The molecule has 33 heavy (non-hydrogen) atoms. The van der Waals surface area contributed by atoms with Crippen LogP contribution in [0.4, 0.5) is 0 Å². The van der Waals surface area contributed by atoms with E-state index >= 15 is 0 Å². The third-order valence-electron chi connectivity index (χ3n) is 6.77. The number of fused-ring (bicyclic) bond motifs is 4. The van der Waals surface area contributed by atoms with Crippen LogP contribution in [-0.4, -0.2) is 39.8 Å². The SMILES string of the molecule is Cc1cc(C(=O)N2CCC3(CC2)Oc2ccccc2-c2c3c(C)nn2C)ccc1OC(C)C. The third kappa shape index (κ3) is 3.58. The number of aromatic nitrogens is 2. The van der Waals surface area contributed by atoms with Crippen LogP contribution in [0.5, 0.6) is 11.5 Å². The number of hydrogen-bond acceptors (Lipinski definition) is 4. The van der Waals surface area contributed by atoms with Crippen molar-refractivity contribution < 1.29 is 14.3 Å². The summed E-state index contributed by atoms with van der Waals surface area (Å²) in [5.74, 6) is 1.78. The minimum atomic E-state index is -0.455. The van der Waals surface area contributed by atoms with E-state index in [0.717, 1.165) is 46.9 Å². The quantitative estimate of drug-likeness (QED) is 0.568. The van der Waals surface area contributed by atoms with Gasteiger partial charge in [-0.3, -0.25) is 9.48 Å². The predicted octanol–water partition coefficient (Wildman–Crippen LogP) is 5.02. The van der Waals surface area contributed by atoms with Crippen molar-refractivity contribution in [3.63, 3.8) is 0 Å². The summed E-state index contributed by atoms with van der Waals surface area (Å²) in [6, 6.07) is 13.9. The molecule has 172 valence electrons. The molecule has 2 aliphatic rings. The molecule has 1 aromatic heterocycles. The van der Waals surface area contributed by atoms with E-state index in [9.17, 15) is 4.79 Å². The van der Waals surface area contributed by atoms with E-state index in [1.807, 2.05) is 73.8 Å². The molecule has 1 fully saturated rings. The summed E-state index contributed by atoms with van der Waals surface area (Å²) in [7, 11) is 2.00. The van der Waals surface area contributed by atoms with Gasteiger partial charge in [0.25, 0.3) is 5.91 Å². The largest absolute Gasteiger partial charge is 0.491 e. The first-order valence-corrected chi connectivity index (χ1v) is 11.7. The normalized spacial score (nSPS) is 16.4. The zero-order valence-electron chi connectivity index (χ0n) is 20.0. The van der Waals surface area contributed by atoms with Crippen molar-refractivity contribution in [2.24, 2.45) is 7.05 Å². The Bertz CT molecular complexity index is 1220. The highest BCUT2D eigenvalue weighted by Gasteiger charge is 2.47. The summed E-state index contributed by atoms with van der Waals surface area (Å²) in [6.07, 6.45) is 1.57. The van der Waals surface area contributed by atoms with Gasteiger partial charge in [-0.1, -0.05) is 12.1 Å². The van der Waals surface area contributed by atoms with Gasteiger partial charge < -0.3 is 14.4 Å². The average Bonchev–Trinajstić information content (AvgIpc) is 3.10. The maximum atomic E-state index is 13.3. The standard InChI is InChI=1S/C27H31N3O3/c1-17(2)32-22-11-10-20(16-18(22)3)26(31)30-14-12-27(13-15-30)24-19(4)28-29(5)25(24)21-8-6-7-9-23(21)33-27/h6-11,16-17H,12-15H2,1-5H3. The number of piperidine rings is 1. The molecular formula is C27H31N3O3. The van der Waals surface area contributed by atoms with E-state index in [1.54, 1.807) is 0 Å². The minimum Gasteiger partial charge on any atom is -0.491 e. The lowest BCUT2D eigenvalue weighted by Crippen LogP contribution is -2.49. The Hall–Kier alpha value is -3.28. The fourth-order valence-corrected chi connectivity index (χ4v) is 5.30. The van der Waals surface area contributed by atoms with Crippen molar-refractivity contribution >= 4 is 5.91 Å². The summed E-state index contributed by atoms with van der Waals surface area (Å²) in [5, 5.41) is 4.73. The predicted molar refractivity (Wildman–Crippen MR) is 128 cm³/mol. The minimum absolute atomic E-state index is 0.0587. The maximum Gasteiger partial charge on any atom is 0.253 e. The molecule has 0 atom stereocenters. The number of likely N-dealkylation sites (tertiary alicyclic amines) is 1. The summed E-state index contributed by atoms with van der Waals surface area (Å²) in [4.78, 5) is 15.2. The summed E-state index contributed by atoms with van der Waals surface area (Å²) in [5.41, 5.74) is 5.60. The fraction of sp³-hybridized carbons (Fsp3) is 0.407. The van der Waals surface area contributed by atoms with E-state index in [1.165, 1.54) is 5.56 Å². The summed E-state index contributed by atoms with van der Waals surface area (Å²) < 4.78 is 14.5. The second-order valence-electron chi connectivity index (χ2n) is 9.46. The van der Waals surface area contributed by atoms with Crippen LogP contribution in [0.1, 0.15) is 53.9 Å². The second kappa shape index (κ2) is 7.94. The highest BCUT2D eigenvalue weighted by molar-refractivity contribution is 5.94. The van der Waals surface area contributed by atoms with Gasteiger partial charge in [0.1, 0.15) is 17.1 Å². The topological polar surface area (TPSA) is 56.6 Å². The van der Waals surface area contributed by atoms with Gasteiger partial charge in [-0.2, -0.15) is 5.10 Å². The van der Waals surface area contributed by atoms with E-state index in [2.05, 4.69) is 13.0 Å². The number of para-hydroxylation sites is 1. The smallest absolute Gasteiger partial charge is 0.253 e. The number of carbonyl (C=O) groups is 1. The van der Waals surface area contributed by atoms with Gasteiger partial charge in [-0.15, -0.1) is 0 Å². The van der Waals surface area contributed by atoms with Crippen molar-refractivity contribution in [1.82, 2.24) is 14.7 Å². The Labute approximate surface area is 195 Å². The zero-order valence-corrected chi connectivity index (χ0v) is 20.0. The van der Waals surface area contributed by atoms with Crippen LogP contribution in [0.3, 0.4) is 0 Å². The molecule has 0 bridgehead atoms. The molecule has 6 nitrogen and oxygen atoms in total. The molecule has 3 heterocycles. The molecule has 3 aromatic rings. The number of hydrogen-bond donors (Lipinski definition) is 0. The van der Waals surface area contributed by atoms with Gasteiger partial charge in [0.15, 0.2) is 0 Å². The Morgan fingerprint density at radius 2 is 1.85 bits per heavy atom. The number of nitrogens with zero attached hydrogens (tertiary/aromatic N) is 3. The first kappa shape index (κ1) is 21.6. The Balaban J connectivity index is 1.39. The molecule has 2 aliphatic heterocycles. The van der Waals surface area contributed by atoms with E-state index in [-0.39, 0.29) is 12.0 Å². The van der Waals surface area contributed by atoms with Crippen molar-refractivity contribution in [2.75, 3.05) is 13.1 Å². The molecule has 5 rings (SSSR count). The fourth-order valence-electron chi connectivity index (χ4n) is 5.30. The Kier molecular flexibility index (Phi) is 5.19. The highest BCUT2D eigenvalue weighted by atomic mass is 16.5. The van der Waals surface area contributed by atoms with E-state index in [0.29, 0.717) is 18.7 Å².